The number of aromatic nitrogens is 1. The SMILES string of the molecule is C=C/C=C(\C)CCC1c2ccccc2-c2ccc([Si](C)(C)C)c[n+]2C1C(=C)N(C)c1ccccc1Nc1c(C(C)C)cc(-c2ccccc2)cc1C(C)C. The average molecular weight is 731 g/mol. The number of anilines is 3. The maximum absolute atomic E-state index is 4.97. The molecule has 5 aromatic rings. The second-order valence-electron chi connectivity index (χ2n) is 16.8. The molecule has 1 N–H and O–H groups in total. The Morgan fingerprint density at radius 1 is 0.833 bits per heavy atom. The molecule has 0 fully saturated rings. The third kappa shape index (κ3) is 7.95. The number of para-hydroxylation sites is 2. The van der Waals surface area contributed by atoms with Gasteiger partial charge in [0, 0.05) is 29.6 Å². The largest absolute Gasteiger partial charge is 0.353 e. The van der Waals surface area contributed by atoms with Gasteiger partial charge in [0.1, 0.15) is 0 Å². The summed E-state index contributed by atoms with van der Waals surface area (Å²) in [6.45, 7) is 27.7. The molecule has 2 heterocycles. The van der Waals surface area contributed by atoms with Crippen LogP contribution in [0.4, 0.5) is 17.1 Å². The van der Waals surface area contributed by atoms with Crippen LogP contribution in [0.5, 0.6) is 0 Å². The maximum Gasteiger partial charge on any atom is 0.213 e. The van der Waals surface area contributed by atoms with E-state index in [1.54, 1.807) is 0 Å². The minimum absolute atomic E-state index is 0.0309. The van der Waals surface area contributed by atoms with Crippen LogP contribution in [0.2, 0.25) is 19.6 Å². The zero-order chi connectivity index (χ0) is 38.7. The molecule has 1 aliphatic rings. The summed E-state index contributed by atoms with van der Waals surface area (Å²) in [5, 5.41) is 5.47. The second kappa shape index (κ2) is 16.2. The van der Waals surface area contributed by atoms with E-state index in [1.807, 2.05) is 6.08 Å². The number of hydrogen-bond donors (Lipinski definition) is 1. The number of pyridine rings is 1. The molecule has 54 heavy (non-hydrogen) atoms. The second-order valence-corrected chi connectivity index (χ2v) is 21.9. The first-order valence-electron chi connectivity index (χ1n) is 19.7. The number of nitrogens with one attached hydrogen (secondary N) is 1. The Morgan fingerprint density at radius 2 is 1.46 bits per heavy atom. The van der Waals surface area contributed by atoms with Crippen LogP contribution < -0.4 is 20.0 Å². The first kappa shape index (κ1) is 38.8. The van der Waals surface area contributed by atoms with E-state index in [2.05, 4.69) is 198 Å². The molecule has 0 radical (unpaired) electrons. The van der Waals surface area contributed by atoms with E-state index in [0.29, 0.717) is 11.8 Å². The van der Waals surface area contributed by atoms with Crippen molar-refractivity contribution in [3.63, 3.8) is 0 Å². The van der Waals surface area contributed by atoms with Gasteiger partial charge in [0.05, 0.1) is 31.1 Å². The molecule has 0 amide bonds. The van der Waals surface area contributed by atoms with Crippen molar-refractivity contribution in [2.24, 2.45) is 0 Å². The fraction of sp³-hybridized carbons (Fsp3) is 0.300. The summed E-state index contributed by atoms with van der Waals surface area (Å²) in [6.07, 6.45) is 8.53. The van der Waals surface area contributed by atoms with Crippen LogP contribution in [0.15, 0.2) is 146 Å². The van der Waals surface area contributed by atoms with Gasteiger partial charge in [-0.2, -0.15) is 4.57 Å². The van der Waals surface area contributed by atoms with E-state index in [-0.39, 0.29) is 12.0 Å². The molecule has 4 heteroatoms. The van der Waals surface area contributed by atoms with Gasteiger partial charge in [0.2, 0.25) is 11.7 Å². The van der Waals surface area contributed by atoms with E-state index >= 15 is 0 Å². The molecule has 0 bridgehead atoms. The van der Waals surface area contributed by atoms with Gasteiger partial charge in [-0.05, 0) is 89.8 Å². The molecule has 0 spiro atoms. The van der Waals surface area contributed by atoms with Crippen LogP contribution in [0.3, 0.4) is 0 Å². The molecule has 4 aromatic carbocycles. The Hall–Kier alpha value is -4.93. The highest BCUT2D eigenvalue weighted by atomic mass is 28.3. The minimum atomic E-state index is -1.61. The van der Waals surface area contributed by atoms with Crippen LogP contribution in [0, 0.1) is 0 Å². The Balaban J connectivity index is 1.46. The van der Waals surface area contributed by atoms with Gasteiger partial charge in [-0.1, -0.05) is 145 Å². The summed E-state index contributed by atoms with van der Waals surface area (Å²) in [5.74, 6) is 0.914. The predicted molar refractivity (Wildman–Crippen MR) is 237 cm³/mol. The van der Waals surface area contributed by atoms with Crippen LogP contribution in [0.25, 0.3) is 22.4 Å². The van der Waals surface area contributed by atoms with Gasteiger partial charge >= 0.3 is 0 Å². The normalized spacial score (nSPS) is 15.5. The molecule has 0 aliphatic carbocycles. The number of rotatable bonds is 13. The first-order valence-corrected chi connectivity index (χ1v) is 23.2. The number of allylic oxidation sites excluding steroid dienone is 4. The fourth-order valence-corrected chi connectivity index (χ4v) is 9.22. The highest BCUT2D eigenvalue weighted by molar-refractivity contribution is 6.88. The van der Waals surface area contributed by atoms with Gasteiger partial charge in [0.15, 0.2) is 6.20 Å². The Kier molecular flexibility index (Phi) is 11.6. The van der Waals surface area contributed by atoms with Crippen molar-refractivity contribution in [2.75, 3.05) is 17.3 Å². The van der Waals surface area contributed by atoms with Crippen molar-refractivity contribution in [3.8, 4) is 22.4 Å². The van der Waals surface area contributed by atoms with Crippen molar-refractivity contribution in [1.29, 1.82) is 0 Å². The lowest BCUT2D eigenvalue weighted by molar-refractivity contribution is -0.708. The van der Waals surface area contributed by atoms with Gasteiger partial charge in [-0.3, -0.25) is 0 Å². The molecule has 278 valence electrons. The summed E-state index contributed by atoms with van der Waals surface area (Å²) < 4.78 is 2.57. The number of fused-ring (bicyclic) bond motifs is 3. The Labute approximate surface area is 326 Å². The van der Waals surface area contributed by atoms with E-state index in [0.717, 1.165) is 29.9 Å². The summed E-state index contributed by atoms with van der Waals surface area (Å²) >= 11 is 0. The standard InChI is InChI=1S/C50H60N3Si/c1-12-20-36(6)27-29-43-41-23-16-17-24-42(41)47-30-28-40(54(9,10)11)33-53(47)50(43)37(7)52(8)48-26-19-18-25-46(48)51-49-44(34(2)3)31-39(32-45(49)35(4)5)38-21-14-13-15-22-38/h12-26,28,30-35,43,50-51H,1,7,27,29H2,2-6,8-11H3/q+1/b36-20+. The topological polar surface area (TPSA) is 19.1 Å². The predicted octanol–water partition coefficient (Wildman–Crippen LogP) is 13.0. The molecule has 6 rings (SSSR count). The lowest BCUT2D eigenvalue weighted by Crippen LogP contribution is -2.54. The van der Waals surface area contributed by atoms with Gasteiger partial charge in [-0.15, -0.1) is 0 Å². The smallest absolute Gasteiger partial charge is 0.213 e. The monoisotopic (exact) mass is 730 g/mol. The molecule has 2 atom stereocenters. The summed E-state index contributed by atoms with van der Waals surface area (Å²) in [7, 11) is 0.595. The average Bonchev–Trinajstić information content (AvgIpc) is 3.16. The van der Waals surface area contributed by atoms with Crippen molar-refractivity contribution in [2.45, 2.75) is 90.9 Å². The highest BCUT2D eigenvalue weighted by Crippen LogP contribution is 2.46. The number of benzene rings is 4. The van der Waals surface area contributed by atoms with Gasteiger partial charge in [-0.25, -0.2) is 0 Å². The number of likely N-dealkylation sites (N-methyl/N-ethyl adjacent to an activating group) is 1. The van der Waals surface area contributed by atoms with Crippen LogP contribution in [-0.2, 0) is 0 Å². The van der Waals surface area contributed by atoms with E-state index in [4.69, 9.17) is 6.58 Å². The molecule has 0 saturated heterocycles. The molecule has 3 nitrogen and oxygen atoms in total. The van der Waals surface area contributed by atoms with Crippen molar-refractivity contribution in [1.82, 2.24) is 0 Å². The highest BCUT2D eigenvalue weighted by Gasteiger charge is 2.43. The molecule has 1 aromatic heterocycles. The molecule has 2 unspecified atom stereocenters. The van der Waals surface area contributed by atoms with Crippen molar-refractivity contribution >= 4 is 30.3 Å². The first-order chi connectivity index (χ1) is 25.8. The third-order valence-corrected chi connectivity index (χ3v) is 13.3. The van der Waals surface area contributed by atoms with Crippen molar-refractivity contribution < 1.29 is 4.57 Å². The van der Waals surface area contributed by atoms with Crippen molar-refractivity contribution in [3.05, 3.63) is 163 Å². The fourth-order valence-electron chi connectivity index (χ4n) is 8.11. The Bertz CT molecular complexity index is 2140. The quantitative estimate of drug-likeness (QED) is 0.0739. The molecule has 1 aliphatic heterocycles. The van der Waals surface area contributed by atoms with Crippen LogP contribution >= 0.6 is 0 Å². The van der Waals surface area contributed by atoms with E-state index in [9.17, 15) is 0 Å². The lowest BCUT2D eigenvalue weighted by Gasteiger charge is -2.36. The minimum Gasteiger partial charge on any atom is -0.353 e. The maximum atomic E-state index is 4.97. The number of hydrogen-bond acceptors (Lipinski definition) is 2. The summed E-state index contributed by atoms with van der Waals surface area (Å²) in [5.41, 5.74) is 15.0. The van der Waals surface area contributed by atoms with Crippen LogP contribution in [0.1, 0.15) is 87.9 Å². The summed E-state index contributed by atoms with van der Waals surface area (Å²) in [6, 6.07) is 38.1. The molecule has 0 saturated carbocycles. The third-order valence-electron chi connectivity index (χ3n) is 11.3. The van der Waals surface area contributed by atoms with E-state index in [1.165, 1.54) is 55.5 Å². The van der Waals surface area contributed by atoms with Gasteiger partial charge < -0.3 is 10.2 Å². The summed E-state index contributed by atoms with van der Waals surface area (Å²) in [4.78, 5) is 2.35. The molecular formula is C50H60N3Si+. The number of nitrogens with zero attached hydrogens (tertiary/aromatic N) is 2. The lowest BCUT2D eigenvalue weighted by atomic mass is 9.78. The van der Waals surface area contributed by atoms with E-state index < -0.39 is 8.07 Å². The van der Waals surface area contributed by atoms with Crippen LogP contribution in [-0.4, -0.2) is 15.1 Å². The zero-order valence-electron chi connectivity index (χ0n) is 34.1. The molecular weight excluding hydrogens is 671 g/mol. The zero-order valence-corrected chi connectivity index (χ0v) is 35.1. The van der Waals surface area contributed by atoms with Gasteiger partial charge in [0.25, 0.3) is 0 Å². The Morgan fingerprint density at radius 3 is 2.11 bits per heavy atom.